The van der Waals surface area contributed by atoms with Gasteiger partial charge in [0.2, 0.25) is 0 Å². The van der Waals surface area contributed by atoms with Gasteiger partial charge in [-0.2, -0.15) is 0 Å². The zero-order valence-electron chi connectivity index (χ0n) is 7.32. The first kappa shape index (κ1) is 10.8. The minimum Gasteiger partial charge on any atom is -0.298 e. The van der Waals surface area contributed by atoms with Crippen LogP contribution in [0.15, 0.2) is 0 Å². The maximum Gasteiger partial charge on any atom is 0.251 e. The summed E-state index contributed by atoms with van der Waals surface area (Å²) >= 11 is 0. The minimum atomic E-state index is -2.19. The molecular formula is C8H17F2N. The van der Waals surface area contributed by atoms with Crippen molar-refractivity contribution in [3.05, 3.63) is 0 Å². The largest absolute Gasteiger partial charge is 0.298 e. The van der Waals surface area contributed by atoms with E-state index in [9.17, 15) is 8.78 Å². The van der Waals surface area contributed by atoms with Gasteiger partial charge in [0.15, 0.2) is 0 Å². The van der Waals surface area contributed by atoms with Gasteiger partial charge >= 0.3 is 0 Å². The van der Waals surface area contributed by atoms with Crippen molar-refractivity contribution in [1.82, 2.24) is 4.90 Å². The summed E-state index contributed by atoms with van der Waals surface area (Å²) in [5.41, 5.74) is 0. The predicted octanol–water partition coefficient (Wildman–Crippen LogP) is 2.37. The summed E-state index contributed by atoms with van der Waals surface area (Å²) in [6, 6.07) is 0. The molecule has 0 fully saturated rings. The van der Waals surface area contributed by atoms with Crippen LogP contribution in [0.4, 0.5) is 8.78 Å². The van der Waals surface area contributed by atoms with Gasteiger partial charge in [0.05, 0.1) is 6.54 Å². The Morgan fingerprint density at radius 2 is 1.55 bits per heavy atom. The van der Waals surface area contributed by atoms with Crippen LogP contribution in [0.2, 0.25) is 0 Å². The van der Waals surface area contributed by atoms with E-state index in [-0.39, 0.29) is 6.54 Å². The van der Waals surface area contributed by atoms with Crippen molar-refractivity contribution in [2.45, 2.75) is 33.1 Å². The van der Waals surface area contributed by atoms with Crippen molar-refractivity contribution >= 4 is 0 Å². The summed E-state index contributed by atoms with van der Waals surface area (Å²) in [7, 11) is 0. The molecule has 0 aliphatic rings. The average molecular weight is 165 g/mol. The zero-order valence-corrected chi connectivity index (χ0v) is 7.32. The molecule has 0 saturated carbocycles. The normalized spacial score (nSPS) is 11.5. The van der Waals surface area contributed by atoms with Crippen LogP contribution in [0, 0.1) is 0 Å². The van der Waals surface area contributed by atoms with Gasteiger partial charge in [0.1, 0.15) is 0 Å². The molecule has 11 heavy (non-hydrogen) atoms. The van der Waals surface area contributed by atoms with E-state index < -0.39 is 6.43 Å². The van der Waals surface area contributed by atoms with Crippen molar-refractivity contribution in [3.63, 3.8) is 0 Å². The lowest BCUT2D eigenvalue weighted by atomic mass is 10.3. The first-order valence-electron chi connectivity index (χ1n) is 4.21. The first-order valence-corrected chi connectivity index (χ1v) is 4.21. The van der Waals surface area contributed by atoms with E-state index >= 15 is 0 Å². The summed E-state index contributed by atoms with van der Waals surface area (Å²) in [6.07, 6.45) is -0.285. The highest BCUT2D eigenvalue weighted by molar-refractivity contribution is 4.56. The Hall–Kier alpha value is -0.180. The first-order chi connectivity index (χ1) is 5.20. The van der Waals surface area contributed by atoms with E-state index in [1.165, 1.54) is 0 Å². The van der Waals surface area contributed by atoms with Crippen LogP contribution < -0.4 is 0 Å². The van der Waals surface area contributed by atoms with Crippen molar-refractivity contribution in [2.24, 2.45) is 0 Å². The molecule has 0 aliphatic carbocycles. The third-order valence-corrected chi connectivity index (χ3v) is 1.48. The molecule has 0 heterocycles. The average Bonchev–Trinajstić information content (AvgIpc) is 1.87. The predicted molar refractivity (Wildman–Crippen MR) is 43.0 cm³/mol. The molecule has 0 spiro atoms. The highest BCUT2D eigenvalue weighted by atomic mass is 19.3. The molecule has 0 aromatic carbocycles. The minimum absolute atomic E-state index is 0.0678. The second-order valence-electron chi connectivity index (χ2n) is 2.69. The van der Waals surface area contributed by atoms with Crippen LogP contribution in [-0.4, -0.2) is 31.0 Å². The zero-order chi connectivity index (χ0) is 8.69. The fraction of sp³-hybridized carbons (Fsp3) is 1.00. The molecule has 68 valence electrons. The molecule has 0 bridgehead atoms. The van der Waals surface area contributed by atoms with Gasteiger partial charge in [-0.05, 0) is 25.9 Å². The number of nitrogens with zero attached hydrogens (tertiary/aromatic N) is 1. The van der Waals surface area contributed by atoms with Crippen molar-refractivity contribution in [2.75, 3.05) is 19.6 Å². The molecule has 1 nitrogen and oxygen atoms in total. The van der Waals surface area contributed by atoms with E-state index in [0.717, 1.165) is 25.9 Å². The van der Waals surface area contributed by atoms with E-state index in [0.29, 0.717) is 0 Å². The van der Waals surface area contributed by atoms with Gasteiger partial charge in [-0.15, -0.1) is 0 Å². The molecule has 0 saturated heterocycles. The Morgan fingerprint density at radius 1 is 1.09 bits per heavy atom. The maximum atomic E-state index is 11.9. The highest BCUT2D eigenvalue weighted by Crippen LogP contribution is 2.00. The summed E-state index contributed by atoms with van der Waals surface area (Å²) in [5, 5.41) is 0. The van der Waals surface area contributed by atoms with Crippen LogP contribution >= 0.6 is 0 Å². The SMILES string of the molecule is CCCN(CCC)CC(F)F. The molecule has 0 aliphatic heterocycles. The van der Waals surface area contributed by atoms with Gasteiger partial charge in [-0.1, -0.05) is 13.8 Å². The van der Waals surface area contributed by atoms with Crippen LogP contribution in [-0.2, 0) is 0 Å². The van der Waals surface area contributed by atoms with E-state index in [2.05, 4.69) is 0 Å². The monoisotopic (exact) mass is 165 g/mol. The lowest BCUT2D eigenvalue weighted by Gasteiger charge is -2.19. The Labute approximate surface area is 67.4 Å². The molecule has 0 N–H and O–H groups in total. The van der Waals surface area contributed by atoms with Crippen LogP contribution in [0.3, 0.4) is 0 Å². The van der Waals surface area contributed by atoms with Gasteiger partial charge in [-0.25, -0.2) is 8.78 Å². The molecule has 0 atom stereocenters. The number of hydrogen-bond donors (Lipinski definition) is 0. The number of halogens is 2. The fourth-order valence-corrected chi connectivity index (χ4v) is 1.12. The smallest absolute Gasteiger partial charge is 0.251 e. The van der Waals surface area contributed by atoms with E-state index in [4.69, 9.17) is 0 Å². The third kappa shape index (κ3) is 6.23. The van der Waals surface area contributed by atoms with Gasteiger partial charge < -0.3 is 0 Å². The number of hydrogen-bond acceptors (Lipinski definition) is 1. The topological polar surface area (TPSA) is 3.24 Å². The van der Waals surface area contributed by atoms with E-state index in [1.807, 2.05) is 18.7 Å². The van der Waals surface area contributed by atoms with Crippen molar-refractivity contribution in [1.29, 1.82) is 0 Å². The molecule has 0 amide bonds. The highest BCUT2D eigenvalue weighted by Gasteiger charge is 2.09. The molecule has 0 aromatic heterocycles. The summed E-state index contributed by atoms with van der Waals surface area (Å²) in [5.74, 6) is 0. The molecule has 0 aromatic rings. The Morgan fingerprint density at radius 3 is 1.82 bits per heavy atom. The van der Waals surface area contributed by atoms with Gasteiger partial charge in [0, 0.05) is 0 Å². The maximum absolute atomic E-state index is 11.9. The van der Waals surface area contributed by atoms with Crippen LogP contribution in [0.1, 0.15) is 26.7 Å². The van der Waals surface area contributed by atoms with Crippen LogP contribution in [0.5, 0.6) is 0 Å². The second-order valence-corrected chi connectivity index (χ2v) is 2.69. The fourth-order valence-electron chi connectivity index (χ4n) is 1.12. The molecular weight excluding hydrogens is 148 g/mol. The standard InChI is InChI=1S/C8H17F2N/c1-3-5-11(6-4-2)7-8(9)10/h8H,3-7H2,1-2H3. The lowest BCUT2D eigenvalue weighted by molar-refractivity contribution is 0.0882. The van der Waals surface area contributed by atoms with Crippen molar-refractivity contribution in [3.8, 4) is 0 Å². The van der Waals surface area contributed by atoms with E-state index in [1.54, 1.807) is 0 Å². The third-order valence-electron chi connectivity index (χ3n) is 1.48. The molecule has 0 unspecified atom stereocenters. The summed E-state index contributed by atoms with van der Waals surface area (Å²) in [6.45, 7) is 5.53. The lowest BCUT2D eigenvalue weighted by Crippen LogP contribution is -2.30. The Balaban J connectivity index is 3.50. The number of alkyl halides is 2. The Bertz CT molecular complexity index is 80.2. The molecule has 0 rings (SSSR count). The second kappa shape index (κ2) is 6.53. The quantitative estimate of drug-likeness (QED) is 0.584. The summed E-state index contributed by atoms with van der Waals surface area (Å²) in [4.78, 5) is 1.81. The van der Waals surface area contributed by atoms with Crippen LogP contribution in [0.25, 0.3) is 0 Å². The number of rotatable bonds is 6. The van der Waals surface area contributed by atoms with Gasteiger partial charge in [-0.3, -0.25) is 4.90 Å². The van der Waals surface area contributed by atoms with Gasteiger partial charge in [0.25, 0.3) is 6.43 Å². The van der Waals surface area contributed by atoms with Crippen molar-refractivity contribution < 1.29 is 8.78 Å². The summed E-state index contributed by atoms with van der Waals surface area (Å²) < 4.78 is 23.8. The molecule has 0 radical (unpaired) electrons. The molecule has 3 heteroatoms. The Kier molecular flexibility index (Phi) is 6.42.